The molecule has 0 aromatic carbocycles. The van der Waals surface area contributed by atoms with Gasteiger partial charge in [0, 0.05) is 0 Å². The predicted octanol–water partition coefficient (Wildman–Crippen LogP) is 3.28. The van der Waals surface area contributed by atoms with Crippen molar-refractivity contribution in [3.63, 3.8) is 0 Å². The number of hydrogen-bond acceptors (Lipinski definition) is 1. The molecule has 1 aliphatic carbocycles. The molecule has 0 aromatic rings. The van der Waals surface area contributed by atoms with Crippen LogP contribution in [0.3, 0.4) is 0 Å². The first-order valence-electron chi connectivity index (χ1n) is 5.44. The molecule has 1 atom stereocenters. The number of allylic oxidation sites excluding steroid dienone is 2. The molecule has 0 aliphatic heterocycles. The molecule has 1 fully saturated rings. The highest BCUT2D eigenvalue weighted by atomic mass is 16.3. The van der Waals surface area contributed by atoms with Gasteiger partial charge >= 0.3 is 0 Å². The maximum atomic E-state index is 10.0. The second kappa shape index (κ2) is 4.28. The maximum Gasteiger partial charge on any atom is 0.0650 e. The van der Waals surface area contributed by atoms with Crippen LogP contribution in [-0.4, -0.2) is 10.7 Å². The van der Waals surface area contributed by atoms with E-state index in [1.165, 1.54) is 18.4 Å². The first kappa shape index (κ1) is 10.8. The Bertz CT molecular complexity index is 187. The van der Waals surface area contributed by atoms with Crippen LogP contribution in [0.5, 0.6) is 0 Å². The Hall–Kier alpha value is -0.300. The fourth-order valence-electron chi connectivity index (χ4n) is 1.66. The number of aliphatic hydroxyl groups is 1. The molecule has 1 rings (SSSR count). The van der Waals surface area contributed by atoms with E-state index in [2.05, 4.69) is 19.9 Å². The summed E-state index contributed by atoms with van der Waals surface area (Å²) in [5.74, 6) is 0.586. The third-order valence-corrected chi connectivity index (χ3v) is 3.16. The van der Waals surface area contributed by atoms with Crippen LogP contribution in [-0.2, 0) is 0 Å². The van der Waals surface area contributed by atoms with Gasteiger partial charge in [-0.1, -0.05) is 18.6 Å². The van der Waals surface area contributed by atoms with Crippen molar-refractivity contribution in [3.05, 3.63) is 11.6 Å². The first-order valence-corrected chi connectivity index (χ1v) is 5.44. The molecule has 1 nitrogen and oxygen atoms in total. The van der Waals surface area contributed by atoms with Gasteiger partial charge in [-0.15, -0.1) is 0 Å². The average Bonchev–Trinajstić information content (AvgIpc) is 2.85. The van der Waals surface area contributed by atoms with Crippen molar-refractivity contribution in [2.75, 3.05) is 0 Å². The van der Waals surface area contributed by atoms with E-state index in [1.54, 1.807) is 0 Å². The Morgan fingerprint density at radius 1 is 1.54 bits per heavy atom. The van der Waals surface area contributed by atoms with Gasteiger partial charge in [0.2, 0.25) is 0 Å². The summed E-state index contributed by atoms with van der Waals surface area (Å²) in [6.45, 7) is 6.32. The Balaban J connectivity index is 2.24. The van der Waals surface area contributed by atoms with E-state index in [-0.39, 0.29) is 0 Å². The second-order valence-corrected chi connectivity index (χ2v) is 4.57. The third-order valence-electron chi connectivity index (χ3n) is 3.16. The highest BCUT2D eigenvalue weighted by Crippen LogP contribution is 2.41. The first-order chi connectivity index (χ1) is 6.06. The van der Waals surface area contributed by atoms with E-state index in [1.807, 2.05) is 6.92 Å². The largest absolute Gasteiger partial charge is 0.390 e. The lowest BCUT2D eigenvalue weighted by Gasteiger charge is -2.21. The van der Waals surface area contributed by atoms with Gasteiger partial charge in [-0.25, -0.2) is 0 Å². The van der Waals surface area contributed by atoms with Crippen molar-refractivity contribution < 1.29 is 5.11 Å². The van der Waals surface area contributed by atoms with E-state index >= 15 is 0 Å². The fraction of sp³-hybridized carbons (Fsp3) is 0.833. The Kier molecular flexibility index (Phi) is 3.55. The van der Waals surface area contributed by atoms with Crippen molar-refractivity contribution in [3.8, 4) is 0 Å². The molecule has 1 N–H and O–H groups in total. The van der Waals surface area contributed by atoms with Crippen LogP contribution < -0.4 is 0 Å². The Morgan fingerprint density at radius 2 is 2.15 bits per heavy atom. The lowest BCUT2D eigenvalue weighted by Crippen LogP contribution is -2.26. The molecule has 1 aliphatic rings. The van der Waals surface area contributed by atoms with Crippen LogP contribution in [0, 0.1) is 5.92 Å². The minimum absolute atomic E-state index is 0.398. The van der Waals surface area contributed by atoms with Gasteiger partial charge < -0.3 is 5.11 Å². The molecule has 1 heteroatoms. The van der Waals surface area contributed by atoms with Gasteiger partial charge in [-0.3, -0.25) is 0 Å². The van der Waals surface area contributed by atoms with E-state index in [0.29, 0.717) is 5.92 Å². The van der Waals surface area contributed by atoms with Gasteiger partial charge in [0.05, 0.1) is 5.60 Å². The predicted molar refractivity (Wildman–Crippen MR) is 56.6 cm³/mol. The van der Waals surface area contributed by atoms with Crippen molar-refractivity contribution in [2.45, 2.75) is 58.5 Å². The lowest BCUT2D eigenvalue weighted by atomic mass is 9.94. The molecule has 0 amide bonds. The zero-order valence-electron chi connectivity index (χ0n) is 9.14. The molecular weight excluding hydrogens is 160 g/mol. The van der Waals surface area contributed by atoms with Crippen LogP contribution in [0.1, 0.15) is 52.9 Å². The summed E-state index contributed by atoms with van der Waals surface area (Å²) in [4.78, 5) is 0. The van der Waals surface area contributed by atoms with Crippen molar-refractivity contribution in [1.29, 1.82) is 0 Å². The van der Waals surface area contributed by atoms with E-state index in [4.69, 9.17) is 0 Å². The molecule has 0 aromatic heterocycles. The van der Waals surface area contributed by atoms with Crippen LogP contribution in [0.15, 0.2) is 11.6 Å². The summed E-state index contributed by atoms with van der Waals surface area (Å²) in [5.41, 5.74) is 1.04. The molecule has 1 unspecified atom stereocenters. The third kappa shape index (κ3) is 3.51. The smallest absolute Gasteiger partial charge is 0.0650 e. The second-order valence-electron chi connectivity index (χ2n) is 4.57. The van der Waals surface area contributed by atoms with Crippen molar-refractivity contribution in [2.24, 2.45) is 5.92 Å². The molecule has 76 valence electrons. The standard InChI is InChI=1S/C12H22O/c1-4-10(2)6-5-9-12(3,13)11-7-8-11/h6,11,13H,4-5,7-9H2,1-3H3. The maximum absolute atomic E-state index is 10.0. The van der Waals surface area contributed by atoms with E-state index < -0.39 is 5.60 Å². The zero-order valence-corrected chi connectivity index (χ0v) is 9.14. The zero-order chi connectivity index (χ0) is 9.90. The van der Waals surface area contributed by atoms with E-state index in [9.17, 15) is 5.11 Å². The minimum atomic E-state index is -0.398. The van der Waals surface area contributed by atoms with Gasteiger partial charge in [-0.2, -0.15) is 0 Å². The summed E-state index contributed by atoms with van der Waals surface area (Å²) in [6, 6.07) is 0. The topological polar surface area (TPSA) is 20.2 Å². The van der Waals surface area contributed by atoms with Crippen LogP contribution in [0.25, 0.3) is 0 Å². The molecule has 0 bridgehead atoms. The minimum Gasteiger partial charge on any atom is -0.390 e. The Morgan fingerprint density at radius 3 is 2.62 bits per heavy atom. The molecule has 0 radical (unpaired) electrons. The van der Waals surface area contributed by atoms with Crippen molar-refractivity contribution in [1.82, 2.24) is 0 Å². The summed E-state index contributed by atoms with van der Waals surface area (Å²) in [6.07, 6.45) is 7.80. The van der Waals surface area contributed by atoms with Crippen LogP contribution >= 0.6 is 0 Å². The fourth-order valence-corrected chi connectivity index (χ4v) is 1.66. The number of hydrogen-bond donors (Lipinski definition) is 1. The SMILES string of the molecule is CCC(C)=CCCC(C)(O)C1CC1. The summed E-state index contributed by atoms with van der Waals surface area (Å²) in [5, 5.41) is 10.0. The molecule has 0 heterocycles. The summed E-state index contributed by atoms with van der Waals surface area (Å²) < 4.78 is 0. The van der Waals surface area contributed by atoms with E-state index in [0.717, 1.165) is 19.3 Å². The van der Waals surface area contributed by atoms with Gasteiger partial charge in [0.25, 0.3) is 0 Å². The van der Waals surface area contributed by atoms with Crippen LogP contribution in [0.2, 0.25) is 0 Å². The molecule has 1 saturated carbocycles. The average molecular weight is 182 g/mol. The van der Waals surface area contributed by atoms with Crippen LogP contribution in [0.4, 0.5) is 0 Å². The molecule has 0 saturated heterocycles. The van der Waals surface area contributed by atoms with Gasteiger partial charge in [0.1, 0.15) is 0 Å². The molecule has 0 spiro atoms. The van der Waals surface area contributed by atoms with Gasteiger partial charge in [0.15, 0.2) is 0 Å². The highest BCUT2D eigenvalue weighted by molar-refractivity contribution is 4.99. The lowest BCUT2D eigenvalue weighted by molar-refractivity contribution is 0.0290. The quantitative estimate of drug-likeness (QED) is 0.647. The summed E-state index contributed by atoms with van der Waals surface area (Å²) >= 11 is 0. The molecular formula is C12H22O. The summed E-state index contributed by atoms with van der Waals surface area (Å²) in [7, 11) is 0. The van der Waals surface area contributed by atoms with Crippen molar-refractivity contribution >= 4 is 0 Å². The monoisotopic (exact) mass is 182 g/mol. The molecule has 13 heavy (non-hydrogen) atoms. The number of rotatable bonds is 5. The highest BCUT2D eigenvalue weighted by Gasteiger charge is 2.38. The Labute approximate surface area is 81.9 Å². The normalized spacial score (nSPS) is 22.9. The van der Waals surface area contributed by atoms with Gasteiger partial charge in [-0.05, 0) is 51.9 Å².